The van der Waals surface area contributed by atoms with Crippen molar-refractivity contribution in [1.82, 2.24) is 0 Å². The average molecular weight is 280 g/mol. The highest BCUT2D eigenvalue weighted by Gasteiger charge is 2.07. The minimum absolute atomic E-state index is 0.382. The Labute approximate surface area is 114 Å². The fraction of sp³-hybridized carbons (Fsp3) is 0. The lowest BCUT2D eigenvalue weighted by Gasteiger charge is -2.09. The highest BCUT2D eigenvalue weighted by molar-refractivity contribution is 6.35. The lowest BCUT2D eigenvalue weighted by Crippen LogP contribution is -1.85. The Morgan fingerprint density at radius 1 is 1.06 bits per heavy atom. The van der Waals surface area contributed by atoms with Crippen LogP contribution in [-0.4, -0.2) is 6.08 Å². The van der Waals surface area contributed by atoms with Crippen molar-refractivity contribution in [2.45, 2.75) is 0 Å². The van der Waals surface area contributed by atoms with Gasteiger partial charge in [-0.1, -0.05) is 35.3 Å². The van der Waals surface area contributed by atoms with E-state index in [1.54, 1.807) is 42.5 Å². The van der Waals surface area contributed by atoms with Crippen LogP contribution >= 0.6 is 23.2 Å². The maximum atomic E-state index is 10.3. The smallest absolute Gasteiger partial charge is 0.240 e. The Balaban J connectivity index is 2.36. The fourth-order valence-corrected chi connectivity index (χ4v) is 1.81. The van der Waals surface area contributed by atoms with Crippen LogP contribution in [-0.2, 0) is 4.79 Å². The van der Waals surface area contributed by atoms with E-state index >= 15 is 0 Å². The number of isocyanates is 1. The summed E-state index contributed by atoms with van der Waals surface area (Å²) in [6, 6.07) is 11.7. The summed E-state index contributed by atoms with van der Waals surface area (Å²) < 4.78 is 5.58. The molecule has 2 aromatic rings. The van der Waals surface area contributed by atoms with E-state index in [1.165, 1.54) is 6.08 Å². The van der Waals surface area contributed by atoms with E-state index in [2.05, 4.69) is 4.99 Å². The van der Waals surface area contributed by atoms with E-state index in [0.29, 0.717) is 27.2 Å². The molecule has 0 amide bonds. The Kier molecular flexibility index (Phi) is 4.00. The van der Waals surface area contributed by atoms with Gasteiger partial charge >= 0.3 is 0 Å². The molecule has 0 bridgehead atoms. The Bertz CT molecular complexity index is 622. The highest BCUT2D eigenvalue weighted by atomic mass is 35.5. The van der Waals surface area contributed by atoms with Crippen molar-refractivity contribution in [1.29, 1.82) is 0 Å². The quantitative estimate of drug-likeness (QED) is 0.601. The van der Waals surface area contributed by atoms with Crippen LogP contribution in [0.2, 0.25) is 10.0 Å². The molecule has 0 heterocycles. The summed E-state index contributed by atoms with van der Waals surface area (Å²) in [6.45, 7) is 0. The molecule has 0 aromatic heterocycles. The van der Waals surface area contributed by atoms with E-state index in [4.69, 9.17) is 27.9 Å². The van der Waals surface area contributed by atoms with Crippen molar-refractivity contribution in [2.75, 3.05) is 0 Å². The van der Waals surface area contributed by atoms with Crippen LogP contribution < -0.4 is 4.74 Å². The van der Waals surface area contributed by atoms with Crippen molar-refractivity contribution in [2.24, 2.45) is 4.99 Å². The van der Waals surface area contributed by atoms with Crippen molar-refractivity contribution in [3.8, 4) is 11.5 Å². The lowest BCUT2D eigenvalue weighted by molar-refractivity contribution is 0.484. The first-order valence-corrected chi connectivity index (χ1v) is 5.76. The molecule has 0 aliphatic heterocycles. The molecule has 90 valence electrons. The molecule has 0 spiro atoms. The third-order valence-corrected chi connectivity index (χ3v) is 2.68. The first kappa shape index (κ1) is 12.7. The van der Waals surface area contributed by atoms with Crippen LogP contribution in [0.5, 0.6) is 11.5 Å². The lowest BCUT2D eigenvalue weighted by atomic mass is 10.3. The number of rotatable bonds is 3. The molecule has 18 heavy (non-hydrogen) atoms. The molecule has 0 saturated heterocycles. The van der Waals surface area contributed by atoms with Gasteiger partial charge in [0.15, 0.2) is 5.75 Å². The van der Waals surface area contributed by atoms with Crippen LogP contribution in [0, 0.1) is 0 Å². The molecule has 0 atom stereocenters. The number of hydrogen-bond donors (Lipinski definition) is 0. The number of halogens is 2. The molecule has 0 saturated carbocycles. The summed E-state index contributed by atoms with van der Waals surface area (Å²) in [5.41, 5.74) is 0.388. The van der Waals surface area contributed by atoms with Crippen molar-refractivity contribution in [3.05, 3.63) is 52.5 Å². The molecule has 0 aliphatic carbocycles. The predicted octanol–water partition coefficient (Wildman–Crippen LogP) is 4.75. The zero-order valence-corrected chi connectivity index (χ0v) is 10.6. The van der Waals surface area contributed by atoms with Gasteiger partial charge in [0.25, 0.3) is 0 Å². The largest absolute Gasteiger partial charge is 0.453 e. The van der Waals surface area contributed by atoms with Gasteiger partial charge in [-0.3, -0.25) is 0 Å². The first-order chi connectivity index (χ1) is 8.70. The summed E-state index contributed by atoms with van der Waals surface area (Å²) in [4.78, 5) is 13.9. The van der Waals surface area contributed by atoms with Crippen LogP contribution in [0.15, 0.2) is 47.5 Å². The van der Waals surface area contributed by atoms with E-state index < -0.39 is 0 Å². The summed E-state index contributed by atoms with van der Waals surface area (Å²) in [5.74, 6) is 0.861. The van der Waals surface area contributed by atoms with Gasteiger partial charge < -0.3 is 4.74 Å². The zero-order chi connectivity index (χ0) is 13.0. The Morgan fingerprint density at radius 3 is 2.56 bits per heavy atom. The molecule has 3 nitrogen and oxygen atoms in total. The average Bonchev–Trinajstić information content (AvgIpc) is 2.35. The summed E-state index contributed by atoms with van der Waals surface area (Å²) >= 11 is 11.8. The Hall–Kier alpha value is -1.80. The molecule has 0 fully saturated rings. The summed E-state index contributed by atoms with van der Waals surface area (Å²) in [6.07, 6.45) is 1.47. The highest BCUT2D eigenvalue weighted by Crippen LogP contribution is 2.35. The maximum Gasteiger partial charge on any atom is 0.240 e. The number of para-hydroxylation sites is 2. The van der Waals surface area contributed by atoms with E-state index in [-0.39, 0.29) is 0 Å². The fourth-order valence-electron chi connectivity index (χ4n) is 1.36. The van der Waals surface area contributed by atoms with Crippen LogP contribution in [0.3, 0.4) is 0 Å². The van der Waals surface area contributed by atoms with Gasteiger partial charge in [-0.25, -0.2) is 4.79 Å². The molecule has 2 aromatic carbocycles. The second kappa shape index (κ2) is 5.69. The second-order valence-corrected chi connectivity index (χ2v) is 4.19. The van der Waals surface area contributed by atoms with Crippen molar-refractivity contribution in [3.63, 3.8) is 0 Å². The van der Waals surface area contributed by atoms with Gasteiger partial charge in [-0.2, -0.15) is 4.99 Å². The summed E-state index contributed by atoms with van der Waals surface area (Å²) in [5, 5.41) is 0.902. The molecular weight excluding hydrogens is 273 g/mol. The minimum Gasteiger partial charge on any atom is -0.453 e. The van der Waals surface area contributed by atoms with Crippen molar-refractivity contribution >= 4 is 35.0 Å². The van der Waals surface area contributed by atoms with E-state index in [0.717, 1.165) is 0 Å². The maximum absolute atomic E-state index is 10.3. The first-order valence-electron chi connectivity index (χ1n) is 5.00. The second-order valence-electron chi connectivity index (χ2n) is 3.35. The predicted molar refractivity (Wildman–Crippen MR) is 70.8 cm³/mol. The van der Waals surface area contributed by atoms with Crippen LogP contribution in [0.1, 0.15) is 0 Å². The topological polar surface area (TPSA) is 38.7 Å². The van der Waals surface area contributed by atoms with E-state index in [9.17, 15) is 4.79 Å². The minimum atomic E-state index is 0.382. The molecule has 0 radical (unpaired) electrons. The molecular formula is C13H7Cl2NO2. The zero-order valence-electron chi connectivity index (χ0n) is 9.06. The number of aliphatic imine (C=N–C) groups is 1. The number of carbonyl (C=O) groups excluding carboxylic acids is 1. The number of nitrogens with zero attached hydrogens (tertiary/aromatic N) is 1. The van der Waals surface area contributed by atoms with Crippen LogP contribution in [0.4, 0.5) is 5.69 Å². The Morgan fingerprint density at radius 2 is 1.83 bits per heavy atom. The molecule has 5 heteroatoms. The monoisotopic (exact) mass is 279 g/mol. The molecule has 2 rings (SSSR count). The third-order valence-electron chi connectivity index (χ3n) is 2.15. The van der Waals surface area contributed by atoms with Gasteiger partial charge in [-0.05, 0) is 30.3 Å². The number of hydrogen-bond acceptors (Lipinski definition) is 3. The van der Waals surface area contributed by atoms with Gasteiger partial charge in [0.2, 0.25) is 6.08 Å². The van der Waals surface area contributed by atoms with Gasteiger partial charge in [0.05, 0.1) is 5.02 Å². The van der Waals surface area contributed by atoms with Crippen LogP contribution in [0.25, 0.3) is 0 Å². The van der Waals surface area contributed by atoms with Crippen molar-refractivity contribution < 1.29 is 9.53 Å². The van der Waals surface area contributed by atoms with Gasteiger partial charge in [0.1, 0.15) is 11.4 Å². The summed E-state index contributed by atoms with van der Waals surface area (Å²) in [7, 11) is 0. The molecule has 0 aliphatic rings. The third kappa shape index (κ3) is 2.90. The molecule has 0 unspecified atom stereocenters. The number of ether oxygens (including phenoxy) is 1. The standard InChI is InChI=1S/C13H7Cl2NO2/c14-9-5-6-12(10(15)7-9)18-13-4-2-1-3-11(13)16-8-17/h1-7H. The van der Waals surface area contributed by atoms with E-state index in [1.807, 2.05) is 0 Å². The molecule has 0 N–H and O–H groups in total. The SMILES string of the molecule is O=C=Nc1ccccc1Oc1ccc(Cl)cc1Cl. The van der Waals surface area contributed by atoms with Gasteiger partial charge in [-0.15, -0.1) is 0 Å². The number of benzene rings is 2. The van der Waals surface area contributed by atoms with Gasteiger partial charge in [0, 0.05) is 5.02 Å². The normalized spacial score (nSPS) is 9.67.